The van der Waals surface area contributed by atoms with E-state index in [2.05, 4.69) is 0 Å². The number of ether oxygens (including phenoxy) is 1. The van der Waals surface area contributed by atoms with Gasteiger partial charge in [0.25, 0.3) is 0 Å². The van der Waals surface area contributed by atoms with E-state index >= 15 is 0 Å². The molecule has 5 heteroatoms. The fourth-order valence-electron chi connectivity index (χ4n) is 1.87. The highest BCUT2D eigenvalue weighted by Crippen LogP contribution is 2.17. The Morgan fingerprint density at radius 3 is 2.80 bits per heavy atom. The van der Waals surface area contributed by atoms with Gasteiger partial charge in [0.05, 0.1) is 12.6 Å². The Labute approximate surface area is 89.0 Å². The number of aliphatic carboxylic acids is 1. The van der Waals surface area contributed by atoms with Crippen LogP contribution in [0, 0.1) is 0 Å². The number of amides is 1. The number of likely N-dealkylation sites (tertiary alicyclic amines) is 1. The Balaban J connectivity index is 2.36. The van der Waals surface area contributed by atoms with Gasteiger partial charge in [-0.1, -0.05) is 0 Å². The van der Waals surface area contributed by atoms with Gasteiger partial charge in [-0.25, -0.2) is 4.79 Å². The van der Waals surface area contributed by atoms with E-state index in [9.17, 15) is 9.59 Å². The zero-order valence-electron chi connectivity index (χ0n) is 8.94. The fourth-order valence-corrected chi connectivity index (χ4v) is 1.87. The van der Waals surface area contributed by atoms with Gasteiger partial charge in [-0.05, 0) is 19.3 Å². The molecule has 1 unspecified atom stereocenters. The lowest BCUT2D eigenvalue weighted by molar-refractivity contribution is -0.143. The summed E-state index contributed by atoms with van der Waals surface area (Å²) in [6.45, 7) is 2.33. The molecule has 1 atom stereocenters. The Morgan fingerprint density at radius 1 is 1.47 bits per heavy atom. The second-order valence-electron chi connectivity index (χ2n) is 3.77. The lowest BCUT2D eigenvalue weighted by Crippen LogP contribution is -2.45. The number of hydrogen-bond donors (Lipinski definition) is 1. The third kappa shape index (κ3) is 3.87. The minimum absolute atomic E-state index is 0.0404. The molecule has 0 aliphatic carbocycles. The summed E-state index contributed by atoms with van der Waals surface area (Å²) in [6, 6.07) is 0.0515. The summed E-state index contributed by atoms with van der Waals surface area (Å²) < 4.78 is 5.02. The highest BCUT2D eigenvalue weighted by atomic mass is 16.5. The van der Waals surface area contributed by atoms with Crippen molar-refractivity contribution >= 4 is 11.9 Å². The van der Waals surface area contributed by atoms with Gasteiger partial charge in [-0.2, -0.15) is 0 Å². The van der Waals surface area contributed by atoms with Crippen LogP contribution in [0.25, 0.3) is 0 Å². The molecule has 0 saturated carbocycles. The maximum atomic E-state index is 11.3. The first-order valence-electron chi connectivity index (χ1n) is 5.18. The van der Waals surface area contributed by atoms with E-state index in [0.717, 1.165) is 25.8 Å². The number of hydrogen-bond acceptors (Lipinski definition) is 3. The Morgan fingerprint density at radius 2 is 2.20 bits per heavy atom. The molecule has 1 aliphatic rings. The minimum atomic E-state index is -0.972. The van der Waals surface area contributed by atoms with Crippen molar-refractivity contribution in [2.24, 2.45) is 0 Å². The molecule has 15 heavy (non-hydrogen) atoms. The van der Waals surface area contributed by atoms with Crippen LogP contribution in [-0.2, 0) is 14.3 Å². The second-order valence-corrected chi connectivity index (χ2v) is 3.77. The van der Waals surface area contributed by atoms with Crippen LogP contribution in [0.2, 0.25) is 0 Å². The summed E-state index contributed by atoms with van der Waals surface area (Å²) in [5.74, 6) is -0.932. The van der Waals surface area contributed by atoms with Gasteiger partial charge in [-0.3, -0.25) is 4.79 Å². The second kappa shape index (κ2) is 5.70. The molecule has 5 nitrogen and oxygen atoms in total. The first-order chi connectivity index (χ1) is 7.11. The van der Waals surface area contributed by atoms with Crippen molar-refractivity contribution in [2.75, 3.05) is 19.8 Å². The topological polar surface area (TPSA) is 66.8 Å². The molecule has 1 aliphatic heterocycles. The number of carboxylic acid groups (broad SMARTS) is 1. The van der Waals surface area contributed by atoms with Gasteiger partial charge in [0, 0.05) is 13.5 Å². The molecule has 1 fully saturated rings. The largest absolute Gasteiger partial charge is 0.480 e. The molecular formula is C10H17NO4. The molecule has 1 heterocycles. The van der Waals surface area contributed by atoms with Crippen LogP contribution >= 0.6 is 0 Å². The van der Waals surface area contributed by atoms with Crippen LogP contribution in [-0.4, -0.2) is 47.7 Å². The van der Waals surface area contributed by atoms with Crippen molar-refractivity contribution in [2.45, 2.75) is 32.2 Å². The van der Waals surface area contributed by atoms with Crippen molar-refractivity contribution in [3.05, 3.63) is 0 Å². The summed E-state index contributed by atoms with van der Waals surface area (Å²) in [7, 11) is 0. The molecule has 0 aromatic rings. The van der Waals surface area contributed by atoms with Crippen LogP contribution < -0.4 is 0 Å². The highest BCUT2D eigenvalue weighted by Gasteiger charge is 2.24. The van der Waals surface area contributed by atoms with E-state index in [0.29, 0.717) is 6.61 Å². The molecule has 86 valence electrons. The first-order valence-corrected chi connectivity index (χ1v) is 5.18. The predicted molar refractivity (Wildman–Crippen MR) is 53.5 cm³/mol. The van der Waals surface area contributed by atoms with Crippen LogP contribution in [0.5, 0.6) is 0 Å². The number of nitrogens with zero attached hydrogens (tertiary/aromatic N) is 1. The summed E-state index contributed by atoms with van der Waals surface area (Å²) in [4.78, 5) is 23.3. The van der Waals surface area contributed by atoms with E-state index in [1.54, 1.807) is 4.90 Å². The van der Waals surface area contributed by atoms with Crippen LogP contribution in [0.1, 0.15) is 26.2 Å². The number of carbonyl (C=O) groups is 2. The maximum Gasteiger partial charge on any atom is 0.329 e. The molecule has 1 N–H and O–H groups in total. The average Bonchev–Trinajstić information content (AvgIpc) is 2.17. The molecular weight excluding hydrogens is 198 g/mol. The molecule has 0 spiro atoms. The molecule has 0 bridgehead atoms. The summed E-state index contributed by atoms with van der Waals surface area (Å²) in [5, 5.41) is 8.41. The molecule has 1 saturated heterocycles. The quantitative estimate of drug-likeness (QED) is 0.741. The van der Waals surface area contributed by atoms with Crippen molar-refractivity contribution in [1.82, 2.24) is 4.90 Å². The standard InChI is InChI=1S/C10H17NO4/c1-8(12)11-5-3-2-4-9(11)6-15-7-10(13)14/h9H,2-7H2,1H3,(H,13,14). The third-order valence-corrected chi connectivity index (χ3v) is 2.57. The predicted octanol–water partition coefficient (Wildman–Crippen LogP) is 0.489. The average molecular weight is 215 g/mol. The summed E-state index contributed by atoms with van der Waals surface area (Å²) in [6.07, 6.45) is 3.00. The van der Waals surface area contributed by atoms with E-state index < -0.39 is 5.97 Å². The highest BCUT2D eigenvalue weighted by molar-refractivity contribution is 5.73. The smallest absolute Gasteiger partial charge is 0.329 e. The lowest BCUT2D eigenvalue weighted by Gasteiger charge is -2.34. The van der Waals surface area contributed by atoms with E-state index in [4.69, 9.17) is 9.84 Å². The Hall–Kier alpha value is -1.10. The lowest BCUT2D eigenvalue weighted by atomic mass is 10.0. The molecule has 0 aromatic carbocycles. The van der Waals surface area contributed by atoms with Gasteiger partial charge < -0.3 is 14.7 Å². The van der Waals surface area contributed by atoms with Gasteiger partial charge >= 0.3 is 5.97 Å². The molecule has 0 aromatic heterocycles. The summed E-state index contributed by atoms with van der Waals surface area (Å²) in [5.41, 5.74) is 0. The van der Waals surface area contributed by atoms with Crippen molar-refractivity contribution in [3.63, 3.8) is 0 Å². The zero-order valence-corrected chi connectivity index (χ0v) is 8.94. The van der Waals surface area contributed by atoms with Crippen molar-refractivity contribution in [1.29, 1.82) is 0 Å². The molecule has 1 amide bonds. The van der Waals surface area contributed by atoms with Crippen LogP contribution in [0.4, 0.5) is 0 Å². The molecule has 1 rings (SSSR count). The van der Waals surface area contributed by atoms with Crippen LogP contribution in [0.3, 0.4) is 0 Å². The Bertz CT molecular complexity index is 242. The van der Waals surface area contributed by atoms with Crippen molar-refractivity contribution < 1.29 is 19.4 Å². The van der Waals surface area contributed by atoms with Gasteiger partial charge in [0.15, 0.2) is 0 Å². The Kier molecular flexibility index (Phi) is 4.55. The first kappa shape index (κ1) is 12.0. The number of rotatable bonds is 4. The van der Waals surface area contributed by atoms with E-state index in [1.807, 2.05) is 0 Å². The number of piperidine rings is 1. The fraction of sp³-hybridized carbons (Fsp3) is 0.800. The minimum Gasteiger partial charge on any atom is -0.480 e. The van der Waals surface area contributed by atoms with Gasteiger partial charge in [0.2, 0.25) is 5.91 Å². The van der Waals surface area contributed by atoms with Crippen molar-refractivity contribution in [3.8, 4) is 0 Å². The monoisotopic (exact) mass is 215 g/mol. The van der Waals surface area contributed by atoms with Crippen LogP contribution in [0.15, 0.2) is 0 Å². The molecule has 0 radical (unpaired) electrons. The van der Waals surface area contributed by atoms with E-state index in [1.165, 1.54) is 6.92 Å². The normalized spacial score (nSPS) is 21.4. The maximum absolute atomic E-state index is 11.3. The number of carboxylic acids is 1. The summed E-state index contributed by atoms with van der Waals surface area (Å²) >= 11 is 0. The third-order valence-electron chi connectivity index (χ3n) is 2.57. The van der Waals surface area contributed by atoms with Gasteiger partial charge in [0.1, 0.15) is 6.61 Å². The van der Waals surface area contributed by atoms with Gasteiger partial charge in [-0.15, -0.1) is 0 Å². The SMILES string of the molecule is CC(=O)N1CCCCC1COCC(=O)O. The number of carbonyl (C=O) groups excluding carboxylic acids is 1. The van der Waals surface area contributed by atoms with E-state index in [-0.39, 0.29) is 18.6 Å². The zero-order chi connectivity index (χ0) is 11.3.